The van der Waals surface area contributed by atoms with Gasteiger partial charge in [0.1, 0.15) is 12.0 Å². The van der Waals surface area contributed by atoms with Crippen molar-refractivity contribution in [2.75, 3.05) is 14.2 Å². The molecular formula is C16H18NO4-. The van der Waals surface area contributed by atoms with Crippen molar-refractivity contribution < 1.29 is 19.0 Å². The molecule has 0 aliphatic heterocycles. The summed E-state index contributed by atoms with van der Waals surface area (Å²) < 4.78 is 16.9. The maximum Gasteiger partial charge on any atom is 0.377 e. The molecule has 1 aromatic heterocycles. The molecule has 112 valence electrons. The van der Waals surface area contributed by atoms with Crippen molar-refractivity contribution in [2.24, 2.45) is 0 Å². The van der Waals surface area contributed by atoms with Gasteiger partial charge >= 0.3 is 5.97 Å². The summed E-state index contributed by atoms with van der Waals surface area (Å²) in [6.45, 7) is 0. The number of benzene rings is 1. The number of ether oxygens (including phenoxy) is 3. The van der Waals surface area contributed by atoms with E-state index in [-0.39, 0.29) is 13.2 Å². The van der Waals surface area contributed by atoms with Crippen molar-refractivity contribution >= 4 is 5.97 Å². The van der Waals surface area contributed by atoms with Gasteiger partial charge in [-0.05, 0) is 24.3 Å². The number of carbonyl (C=O) groups excluding carboxylic acids is 1. The average molecular weight is 288 g/mol. The van der Waals surface area contributed by atoms with E-state index in [9.17, 15) is 4.79 Å². The van der Waals surface area contributed by atoms with Crippen LogP contribution in [-0.2, 0) is 14.3 Å². The lowest BCUT2D eigenvalue weighted by Gasteiger charge is -2.09. The quantitative estimate of drug-likeness (QED) is 0.367. The fourth-order valence-electron chi connectivity index (χ4n) is 1.66. The largest absolute Gasteiger partial charge is 0.500 e. The molecule has 0 aliphatic rings. The molecule has 21 heavy (non-hydrogen) atoms. The summed E-state index contributed by atoms with van der Waals surface area (Å²) in [6.07, 6.45) is 5.05. The molecule has 0 saturated heterocycles. The number of aromatic nitrogens is 1. The predicted octanol–water partition coefficient (Wildman–Crippen LogP) is 2.97. The SMILES string of the molecule is CO/C=C(\Oc1cccc(-n2cccc2)c1)C(=O)OC.[CH3-]. The van der Waals surface area contributed by atoms with Crippen LogP contribution in [0.2, 0.25) is 0 Å². The van der Waals surface area contributed by atoms with Crippen LogP contribution in [0.15, 0.2) is 60.8 Å². The first-order valence-corrected chi connectivity index (χ1v) is 5.97. The molecule has 0 saturated carbocycles. The van der Waals surface area contributed by atoms with Crippen LogP contribution in [0, 0.1) is 7.43 Å². The van der Waals surface area contributed by atoms with Crippen molar-refractivity contribution in [3.63, 3.8) is 0 Å². The van der Waals surface area contributed by atoms with Crippen LogP contribution < -0.4 is 4.74 Å². The van der Waals surface area contributed by atoms with Crippen LogP contribution in [0.4, 0.5) is 0 Å². The Morgan fingerprint density at radius 1 is 1.14 bits per heavy atom. The Balaban J connectivity index is 0.00000220. The molecule has 0 radical (unpaired) electrons. The Labute approximate surface area is 124 Å². The lowest BCUT2D eigenvalue weighted by atomic mass is 10.3. The summed E-state index contributed by atoms with van der Waals surface area (Å²) in [5.74, 6) is -0.0947. The van der Waals surface area contributed by atoms with Crippen LogP contribution in [0.1, 0.15) is 0 Å². The molecular weight excluding hydrogens is 270 g/mol. The van der Waals surface area contributed by atoms with Crippen LogP contribution >= 0.6 is 0 Å². The molecule has 2 rings (SSSR count). The topological polar surface area (TPSA) is 49.7 Å². The highest BCUT2D eigenvalue weighted by Crippen LogP contribution is 2.19. The molecule has 2 aromatic rings. The third-order valence-corrected chi connectivity index (χ3v) is 2.56. The van der Waals surface area contributed by atoms with E-state index in [0.29, 0.717) is 5.75 Å². The highest BCUT2D eigenvalue weighted by Gasteiger charge is 2.13. The minimum Gasteiger partial charge on any atom is -0.500 e. The van der Waals surface area contributed by atoms with Gasteiger partial charge in [0.25, 0.3) is 0 Å². The molecule has 0 aliphatic carbocycles. The van der Waals surface area contributed by atoms with Gasteiger partial charge in [0.05, 0.1) is 14.2 Å². The first-order valence-electron chi connectivity index (χ1n) is 5.97. The zero-order valence-corrected chi connectivity index (χ0v) is 12.3. The van der Waals surface area contributed by atoms with Gasteiger partial charge in [-0.3, -0.25) is 0 Å². The van der Waals surface area contributed by atoms with Crippen molar-refractivity contribution in [1.29, 1.82) is 0 Å². The molecule has 5 heteroatoms. The van der Waals surface area contributed by atoms with Crippen molar-refractivity contribution in [3.8, 4) is 11.4 Å². The van der Waals surface area contributed by atoms with E-state index in [1.54, 1.807) is 6.07 Å². The lowest BCUT2D eigenvalue weighted by Crippen LogP contribution is -2.11. The Morgan fingerprint density at radius 3 is 2.48 bits per heavy atom. The molecule has 1 heterocycles. The van der Waals surface area contributed by atoms with E-state index in [0.717, 1.165) is 5.69 Å². The minimum atomic E-state index is -0.599. The van der Waals surface area contributed by atoms with E-state index < -0.39 is 5.97 Å². The molecule has 0 fully saturated rings. The molecule has 0 amide bonds. The van der Waals surface area contributed by atoms with E-state index in [2.05, 4.69) is 4.74 Å². The van der Waals surface area contributed by atoms with Crippen molar-refractivity contribution in [1.82, 2.24) is 4.57 Å². The van der Waals surface area contributed by atoms with Crippen molar-refractivity contribution in [3.05, 3.63) is 68.2 Å². The Hall–Kier alpha value is -2.69. The summed E-state index contributed by atoms with van der Waals surface area (Å²) in [6, 6.07) is 11.2. The third-order valence-electron chi connectivity index (χ3n) is 2.56. The number of rotatable bonds is 5. The Morgan fingerprint density at radius 2 is 1.86 bits per heavy atom. The van der Waals surface area contributed by atoms with E-state index in [1.165, 1.54) is 20.5 Å². The van der Waals surface area contributed by atoms with Gasteiger partial charge in [-0.1, -0.05) is 6.07 Å². The highest BCUT2D eigenvalue weighted by atomic mass is 16.6. The zero-order valence-electron chi connectivity index (χ0n) is 12.3. The van der Waals surface area contributed by atoms with E-state index >= 15 is 0 Å². The molecule has 0 spiro atoms. The second kappa shape index (κ2) is 7.79. The summed E-state index contributed by atoms with van der Waals surface area (Å²) in [4.78, 5) is 11.5. The molecule has 0 bridgehead atoms. The summed E-state index contributed by atoms with van der Waals surface area (Å²) >= 11 is 0. The lowest BCUT2D eigenvalue weighted by molar-refractivity contribution is -0.138. The number of hydrogen-bond acceptors (Lipinski definition) is 4. The van der Waals surface area contributed by atoms with Gasteiger partial charge < -0.3 is 26.2 Å². The van der Waals surface area contributed by atoms with Gasteiger partial charge in [-0.25, -0.2) is 4.79 Å². The number of methoxy groups -OCH3 is 2. The van der Waals surface area contributed by atoms with E-state index in [1.807, 2.05) is 47.3 Å². The van der Waals surface area contributed by atoms with Crippen LogP contribution in [-0.4, -0.2) is 24.8 Å². The highest BCUT2D eigenvalue weighted by molar-refractivity contribution is 5.86. The second-order valence-electron chi connectivity index (χ2n) is 3.90. The van der Waals surface area contributed by atoms with Gasteiger partial charge in [-0.2, -0.15) is 0 Å². The van der Waals surface area contributed by atoms with Gasteiger partial charge in [0.2, 0.25) is 5.76 Å². The van der Waals surface area contributed by atoms with Crippen molar-refractivity contribution in [2.45, 2.75) is 0 Å². The average Bonchev–Trinajstić information content (AvgIpc) is 3.00. The smallest absolute Gasteiger partial charge is 0.377 e. The summed E-state index contributed by atoms with van der Waals surface area (Å²) in [7, 11) is 2.72. The monoisotopic (exact) mass is 288 g/mol. The normalized spacial score (nSPS) is 10.5. The third kappa shape index (κ3) is 4.14. The van der Waals surface area contributed by atoms with Gasteiger partial charge in [0.15, 0.2) is 0 Å². The number of carbonyl (C=O) groups is 1. The van der Waals surface area contributed by atoms with Crippen LogP contribution in [0.25, 0.3) is 5.69 Å². The summed E-state index contributed by atoms with van der Waals surface area (Å²) in [5, 5.41) is 0. The summed E-state index contributed by atoms with van der Waals surface area (Å²) in [5.41, 5.74) is 0.925. The van der Waals surface area contributed by atoms with Gasteiger partial charge in [-0.15, -0.1) is 0 Å². The fraction of sp³-hybridized carbons (Fsp3) is 0.125. The molecule has 5 nitrogen and oxygen atoms in total. The van der Waals surface area contributed by atoms with Crippen LogP contribution in [0.3, 0.4) is 0 Å². The first-order chi connectivity index (χ1) is 9.74. The standard InChI is InChI=1S/C15H15NO4.CH3/c1-18-11-14(15(17)19-2)20-13-7-5-6-12(10-13)16-8-3-4-9-16;/h3-11H,1-2H3;1H3/q;-1/b14-11-;. The Kier molecular flexibility index (Phi) is 6.07. The Bertz CT molecular complexity index is 602. The number of esters is 1. The number of hydrogen-bond donors (Lipinski definition) is 0. The second-order valence-corrected chi connectivity index (χ2v) is 3.90. The molecule has 1 aromatic carbocycles. The van der Waals surface area contributed by atoms with Crippen LogP contribution in [0.5, 0.6) is 5.75 Å². The maximum atomic E-state index is 11.5. The maximum absolute atomic E-state index is 11.5. The minimum absolute atomic E-state index is 0. The number of nitrogens with zero attached hydrogens (tertiary/aromatic N) is 1. The predicted molar refractivity (Wildman–Crippen MR) is 79.9 cm³/mol. The molecule has 0 atom stereocenters. The van der Waals surface area contributed by atoms with Gasteiger partial charge in [0, 0.05) is 24.1 Å². The molecule has 0 N–H and O–H groups in total. The zero-order chi connectivity index (χ0) is 14.4. The van der Waals surface area contributed by atoms with E-state index in [4.69, 9.17) is 9.47 Å². The first kappa shape index (κ1) is 16.4. The molecule has 0 unspecified atom stereocenters. The fourth-order valence-corrected chi connectivity index (χ4v) is 1.66.